The lowest BCUT2D eigenvalue weighted by molar-refractivity contribution is 0.0761. The van der Waals surface area contributed by atoms with Gasteiger partial charge in [0, 0.05) is 32.0 Å². The molecule has 2 rings (SSSR count). The minimum Gasteiger partial charge on any atom is -0.384 e. The molecule has 1 aromatic heterocycles. The Labute approximate surface area is 125 Å². The van der Waals surface area contributed by atoms with Gasteiger partial charge in [-0.15, -0.1) is 0 Å². The number of nitrogens with zero attached hydrogens (tertiary/aromatic N) is 3. The smallest absolute Gasteiger partial charge is 0.255 e. The van der Waals surface area contributed by atoms with Crippen LogP contribution in [0.4, 0.5) is 0 Å². The third-order valence-electron chi connectivity index (χ3n) is 3.86. The molecule has 5 nitrogen and oxygen atoms in total. The van der Waals surface area contributed by atoms with E-state index in [1.165, 1.54) is 6.42 Å². The number of carbonyl (C=O) groups is 1. The van der Waals surface area contributed by atoms with Crippen LogP contribution in [0.1, 0.15) is 28.8 Å². The van der Waals surface area contributed by atoms with Gasteiger partial charge in [0.1, 0.15) is 6.61 Å². The third-order valence-corrected chi connectivity index (χ3v) is 3.86. The number of aromatic nitrogens is 1. The fraction of sp³-hybridized carbons (Fsp3) is 0.500. The molecule has 0 aliphatic carbocycles. The van der Waals surface area contributed by atoms with Gasteiger partial charge in [-0.2, -0.15) is 0 Å². The predicted molar refractivity (Wildman–Crippen MR) is 80.8 cm³/mol. The van der Waals surface area contributed by atoms with E-state index in [1.54, 1.807) is 23.4 Å². The fourth-order valence-electron chi connectivity index (χ4n) is 2.63. The minimum absolute atomic E-state index is 0.0556. The van der Waals surface area contributed by atoms with Crippen LogP contribution in [0.15, 0.2) is 18.5 Å². The summed E-state index contributed by atoms with van der Waals surface area (Å²) >= 11 is 0. The first-order valence-corrected chi connectivity index (χ1v) is 7.13. The fourth-order valence-corrected chi connectivity index (χ4v) is 2.63. The van der Waals surface area contributed by atoms with E-state index >= 15 is 0 Å². The van der Waals surface area contributed by atoms with Crippen molar-refractivity contribution >= 4 is 5.91 Å². The van der Waals surface area contributed by atoms with Gasteiger partial charge in [-0.1, -0.05) is 11.8 Å². The first-order valence-electron chi connectivity index (χ1n) is 7.13. The van der Waals surface area contributed by atoms with Crippen molar-refractivity contribution in [3.05, 3.63) is 29.6 Å². The van der Waals surface area contributed by atoms with E-state index in [2.05, 4.69) is 28.8 Å². The zero-order valence-corrected chi connectivity index (χ0v) is 12.5. The number of amides is 1. The molecule has 0 bridgehead atoms. The van der Waals surface area contributed by atoms with E-state index in [9.17, 15) is 4.79 Å². The van der Waals surface area contributed by atoms with Crippen molar-refractivity contribution in [2.45, 2.75) is 18.9 Å². The molecule has 1 aliphatic rings. The van der Waals surface area contributed by atoms with Crippen LogP contribution < -0.4 is 0 Å². The predicted octanol–water partition coefficient (Wildman–Crippen LogP) is 0.592. The van der Waals surface area contributed by atoms with Gasteiger partial charge >= 0.3 is 0 Å². The lowest BCUT2D eigenvalue weighted by Gasteiger charge is -2.26. The molecule has 112 valence electrons. The van der Waals surface area contributed by atoms with E-state index in [0.717, 1.165) is 13.0 Å². The zero-order chi connectivity index (χ0) is 15.2. The molecular weight excluding hydrogens is 266 g/mol. The molecule has 1 amide bonds. The molecular formula is C16H21N3O2. The van der Waals surface area contributed by atoms with Crippen LogP contribution in [0.3, 0.4) is 0 Å². The summed E-state index contributed by atoms with van der Waals surface area (Å²) in [6.07, 6.45) is 5.46. The van der Waals surface area contributed by atoms with Crippen LogP contribution >= 0.6 is 0 Å². The van der Waals surface area contributed by atoms with E-state index in [4.69, 9.17) is 5.11 Å². The third kappa shape index (κ3) is 3.81. The first kappa shape index (κ1) is 15.5. The Morgan fingerprint density at radius 1 is 1.62 bits per heavy atom. The number of aliphatic hydroxyl groups excluding tert-OH is 1. The molecule has 1 fully saturated rings. The minimum atomic E-state index is -0.231. The molecule has 1 N–H and O–H groups in total. The van der Waals surface area contributed by atoms with Crippen molar-refractivity contribution in [3.8, 4) is 11.8 Å². The van der Waals surface area contributed by atoms with Crippen molar-refractivity contribution in [3.63, 3.8) is 0 Å². The van der Waals surface area contributed by atoms with E-state index < -0.39 is 0 Å². The van der Waals surface area contributed by atoms with E-state index in [0.29, 0.717) is 23.7 Å². The maximum absolute atomic E-state index is 12.6. The largest absolute Gasteiger partial charge is 0.384 e. The maximum Gasteiger partial charge on any atom is 0.255 e. The van der Waals surface area contributed by atoms with Gasteiger partial charge in [0.15, 0.2) is 0 Å². The number of hydrogen-bond acceptors (Lipinski definition) is 4. The second-order valence-corrected chi connectivity index (χ2v) is 5.34. The summed E-state index contributed by atoms with van der Waals surface area (Å²) in [7, 11) is 3.92. The van der Waals surface area contributed by atoms with Gasteiger partial charge in [-0.25, -0.2) is 0 Å². The SMILES string of the molecule is CN(CC1CCCN1C)C(=O)c1ccncc1C#CCO. The number of rotatable bonds is 3. The monoisotopic (exact) mass is 287 g/mol. The highest BCUT2D eigenvalue weighted by molar-refractivity contribution is 5.96. The Bertz CT molecular complexity index is 562. The molecule has 0 saturated carbocycles. The van der Waals surface area contributed by atoms with Crippen molar-refractivity contribution in [2.24, 2.45) is 0 Å². The molecule has 1 unspecified atom stereocenters. The molecule has 1 aromatic rings. The standard InChI is InChI=1S/C16H21N3O2/c1-18-9-3-6-14(18)12-19(2)16(21)15-7-8-17-11-13(15)5-4-10-20/h7-8,11,14,20H,3,6,9-10,12H2,1-2H3. The number of carbonyl (C=O) groups excluding carboxylic acids is 1. The van der Waals surface area contributed by atoms with Crippen LogP contribution in [-0.2, 0) is 0 Å². The highest BCUT2D eigenvalue weighted by atomic mass is 16.2. The Kier molecular flexibility index (Phi) is 5.32. The van der Waals surface area contributed by atoms with Crippen molar-refractivity contribution in [1.29, 1.82) is 0 Å². The molecule has 0 radical (unpaired) electrons. The molecule has 0 aromatic carbocycles. The lowest BCUT2D eigenvalue weighted by atomic mass is 10.1. The normalized spacial score (nSPS) is 18.1. The molecule has 2 heterocycles. The van der Waals surface area contributed by atoms with Crippen molar-refractivity contribution in [1.82, 2.24) is 14.8 Å². The molecule has 0 spiro atoms. The Balaban J connectivity index is 2.12. The average molecular weight is 287 g/mol. The molecule has 1 saturated heterocycles. The maximum atomic E-state index is 12.6. The van der Waals surface area contributed by atoms with Gasteiger partial charge < -0.3 is 14.9 Å². The number of aliphatic hydroxyl groups is 1. The van der Waals surface area contributed by atoms with Gasteiger partial charge in [0.25, 0.3) is 5.91 Å². The van der Waals surface area contributed by atoms with E-state index in [-0.39, 0.29) is 12.5 Å². The average Bonchev–Trinajstić information content (AvgIpc) is 2.90. The Morgan fingerprint density at radius 3 is 3.10 bits per heavy atom. The van der Waals surface area contributed by atoms with Crippen LogP contribution in [0.5, 0.6) is 0 Å². The highest BCUT2D eigenvalue weighted by Crippen LogP contribution is 2.17. The topological polar surface area (TPSA) is 56.7 Å². The second kappa shape index (κ2) is 7.21. The quantitative estimate of drug-likeness (QED) is 0.827. The van der Waals surface area contributed by atoms with Crippen LogP contribution in [0, 0.1) is 11.8 Å². The van der Waals surface area contributed by atoms with Crippen molar-refractivity contribution < 1.29 is 9.90 Å². The molecule has 21 heavy (non-hydrogen) atoms. The Morgan fingerprint density at radius 2 is 2.43 bits per heavy atom. The number of likely N-dealkylation sites (N-methyl/N-ethyl adjacent to an activating group) is 2. The number of pyridine rings is 1. The summed E-state index contributed by atoms with van der Waals surface area (Å²) in [5, 5.41) is 8.79. The summed E-state index contributed by atoms with van der Waals surface area (Å²) in [6, 6.07) is 2.10. The summed E-state index contributed by atoms with van der Waals surface area (Å²) in [5.41, 5.74) is 1.09. The molecule has 1 aliphatic heterocycles. The molecule has 1 atom stereocenters. The lowest BCUT2D eigenvalue weighted by Crippen LogP contribution is -2.39. The van der Waals surface area contributed by atoms with Gasteiger partial charge in [0.05, 0.1) is 11.1 Å². The van der Waals surface area contributed by atoms with E-state index in [1.807, 2.05) is 7.05 Å². The van der Waals surface area contributed by atoms with Gasteiger partial charge in [-0.3, -0.25) is 9.78 Å². The summed E-state index contributed by atoms with van der Waals surface area (Å²) < 4.78 is 0. The van der Waals surface area contributed by atoms with Crippen molar-refractivity contribution in [2.75, 3.05) is 33.8 Å². The van der Waals surface area contributed by atoms with Crippen LogP contribution in [-0.4, -0.2) is 65.6 Å². The summed E-state index contributed by atoms with van der Waals surface area (Å²) in [6.45, 7) is 1.57. The number of likely N-dealkylation sites (tertiary alicyclic amines) is 1. The highest BCUT2D eigenvalue weighted by Gasteiger charge is 2.24. The summed E-state index contributed by atoms with van der Waals surface area (Å²) in [4.78, 5) is 20.6. The zero-order valence-electron chi connectivity index (χ0n) is 12.5. The van der Waals surface area contributed by atoms with Gasteiger partial charge in [0.2, 0.25) is 0 Å². The van der Waals surface area contributed by atoms with Gasteiger partial charge in [-0.05, 0) is 32.5 Å². The summed E-state index contributed by atoms with van der Waals surface area (Å²) in [5.74, 6) is 5.29. The number of hydrogen-bond donors (Lipinski definition) is 1. The van der Waals surface area contributed by atoms with Crippen LogP contribution in [0.2, 0.25) is 0 Å². The van der Waals surface area contributed by atoms with Crippen LogP contribution in [0.25, 0.3) is 0 Å². The Hall–Kier alpha value is -1.90. The first-order chi connectivity index (χ1) is 10.1. The second-order valence-electron chi connectivity index (χ2n) is 5.34. The molecule has 5 heteroatoms.